The first-order chi connectivity index (χ1) is 7.25. The summed E-state index contributed by atoms with van der Waals surface area (Å²) >= 11 is 0. The summed E-state index contributed by atoms with van der Waals surface area (Å²) in [6.45, 7) is 8.07. The molecular formula is C11H22N3O+. The van der Waals surface area contributed by atoms with Crippen molar-refractivity contribution in [3.05, 3.63) is 0 Å². The van der Waals surface area contributed by atoms with Crippen LogP contribution in [0.1, 0.15) is 19.8 Å². The molecule has 4 nitrogen and oxygen atoms in total. The van der Waals surface area contributed by atoms with Crippen molar-refractivity contribution in [1.82, 2.24) is 9.80 Å². The minimum atomic E-state index is 0.335. The van der Waals surface area contributed by atoms with Crippen molar-refractivity contribution < 1.29 is 10.1 Å². The van der Waals surface area contributed by atoms with E-state index in [-0.39, 0.29) is 0 Å². The Labute approximate surface area is 91.6 Å². The Kier molecular flexibility index (Phi) is 3.59. The molecule has 1 atom stereocenters. The number of likely N-dealkylation sites (tertiary alicyclic amines) is 1. The zero-order valence-electron chi connectivity index (χ0n) is 9.61. The third-order valence-electron chi connectivity index (χ3n) is 3.38. The van der Waals surface area contributed by atoms with Crippen molar-refractivity contribution in [3.8, 4) is 0 Å². The molecule has 2 saturated heterocycles. The molecule has 0 radical (unpaired) electrons. The summed E-state index contributed by atoms with van der Waals surface area (Å²) in [5, 5.41) is 2.36. The lowest BCUT2D eigenvalue weighted by Crippen LogP contribution is -2.94. The Bertz CT molecular complexity index is 226. The summed E-state index contributed by atoms with van der Waals surface area (Å²) < 4.78 is 0. The van der Waals surface area contributed by atoms with Gasteiger partial charge in [0.15, 0.2) is 0 Å². The molecule has 1 amide bonds. The van der Waals surface area contributed by atoms with Gasteiger partial charge in [-0.15, -0.1) is 0 Å². The molecule has 0 aromatic rings. The van der Waals surface area contributed by atoms with Gasteiger partial charge >= 0.3 is 0 Å². The molecule has 2 N–H and O–H groups in total. The summed E-state index contributed by atoms with van der Waals surface area (Å²) in [5.74, 6) is 0.335. The number of rotatable bonds is 2. The van der Waals surface area contributed by atoms with Gasteiger partial charge in [-0.2, -0.15) is 0 Å². The molecule has 86 valence electrons. The highest BCUT2D eigenvalue weighted by Gasteiger charge is 2.24. The van der Waals surface area contributed by atoms with E-state index in [0.29, 0.717) is 18.5 Å². The Hall–Kier alpha value is -0.610. The average Bonchev–Trinajstić information content (AvgIpc) is 2.70. The molecule has 2 aliphatic rings. The number of nitrogens with zero attached hydrogens (tertiary/aromatic N) is 2. The zero-order valence-corrected chi connectivity index (χ0v) is 9.61. The maximum atomic E-state index is 11.9. The number of carbonyl (C=O) groups is 1. The van der Waals surface area contributed by atoms with E-state index in [4.69, 9.17) is 0 Å². The second-order valence-electron chi connectivity index (χ2n) is 4.82. The minimum absolute atomic E-state index is 0.335. The SMILES string of the molecule is C[C@@H]1CN(CC(=O)N2CCCC2)CC[NH2+]1. The fraction of sp³-hybridized carbons (Fsp3) is 0.909. The highest BCUT2D eigenvalue weighted by molar-refractivity contribution is 5.78. The van der Waals surface area contributed by atoms with Gasteiger partial charge in [0.1, 0.15) is 0 Å². The highest BCUT2D eigenvalue weighted by Crippen LogP contribution is 2.08. The van der Waals surface area contributed by atoms with E-state index in [1.54, 1.807) is 0 Å². The van der Waals surface area contributed by atoms with Crippen LogP contribution in [0.4, 0.5) is 0 Å². The largest absolute Gasteiger partial charge is 0.342 e. The fourth-order valence-corrected chi connectivity index (χ4v) is 2.52. The van der Waals surface area contributed by atoms with Crippen LogP contribution in [0.15, 0.2) is 0 Å². The van der Waals surface area contributed by atoms with E-state index in [9.17, 15) is 4.79 Å². The van der Waals surface area contributed by atoms with E-state index in [1.807, 2.05) is 4.90 Å². The van der Waals surface area contributed by atoms with E-state index >= 15 is 0 Å². The molecule has 2 aliphatic heterocycles. The molecule has 0 aromatic heterocycles. The van der Waals surface area contributed by atoms with Crippen LogP contribution in [0.25, 0.3) is 0 Å². The van der Waals surface area contributed by atoms with Gasteiger partial charge < -0.3 is 10.2 Å². The summed E-state index contributed by atoms with van der Waals surface area (Å²) in [6, 6.07) is 0.644. The van der Waals surface area contributed by atoms with Crippen LogP contribution in [-0.4, -0.2) is 61.0 Å². The molecule has 0 spiro atoms. The number of hydrogen-bond acceptors (Lipinski definition) is 2. The zero-order chi connectivity index (χ0) is 10.7. The third kappa shape index (κ3) is 2.92. The quantitative estimate of drug-likeness (QED) is 0.629. The lowest BCUT2D eigenvalue weighted by atomic mass is 10.2. The van der Waals surface area contributed by atoms with Crippen molar-refractivity contribution in [1.29, 1.82) is 0 Å². The number of carbonyl (C=O) groups excluding carboxylic acids is 1. The molecule has 2 rings (SSSR count). The topological polar surface area (TPSA) is 40.2 Å². The normalized spacial score (nSPS) is 28.3. The van der Waals surface area contributed by atoms with E-state index < -0.39 is 0 Å². The van der Waals surface area contributed by atoms with Gasteiger partial charge in [-0.05, 0) is 19.8 Å². The van der Waals surface area contributed by atoms with Crippen molar-refractivity contribution >= 4 is 5.91 Å². The van der Waals surface area contributed by atoms with Gasteiger partial charge in [-0.1, -0.05) is 0 Å². The lowest BCUT2D eigenvalue weighted by Gasteiger charge is -2.29. The van der Waals surface area contributed by atoms with Crippen molar-refractivity contribution in [3.63, 3.8) is 0 Å². The predicted octanol–water partition coefficient (Wildman–Crippen LogP) is -1.12. The van der Waals surface area contributed by atoms with E-state index in [2.05, 4.69) is 17.1 Å². The van der Waals surface area contributed by atoms with E-state index in [0.717, 1.165) is 32.7 Å². The lowest BCUT2D eigenvalue weighted by molar-refractivity contribution is -0.694. The summed E-state index contributed by atoms with van der Waals surface area (Å²) in [5.41, 5.74) is 0. The summed E-state index contributed by atoms with van der Waals surface area (Å²) in [6.07, 6.45) is 2.38. The smallest absolute Gasteiger partial charge is 0.236 e. The minimum Gasteiger partial charge on any atom is -0.342 e. The molecule has 2 heterocycles. The van der Waals surface area contributed by atoms with Crippen LogP contribution < -0.4 is 5.32 Å². The molecule has 0 bridgehead atoms. The fourth-order valence-electron chi connectivity index (χ4n) is 2.52. The third-order valence-corrected chi connectivity index (χ3v) is 3.38. The first-order valence-corrected chi connectivity index (χ1v) is 6.09. The van der Waals surface area contributed by atoms with Gasteiger partial charge in [0, 0.05) is 19.6 Å². The predicted molar refractivity (Wildman–Crippen MR) is 58.5 cm³/mol. The first-order valence-electron chi connectivity index (χ1n) is 6.09. The van der Waals surface area contributed by atoms with Crippen LogP contribution in [0, 0.1) is 0 Å². The molecule has 15 heavy (non-hydrogen) atoms. The Balaban J connectivity index is 1.77. The number of hydrogen-bond donors (Lipinski definition) is 1. The van der Waals surface area contributed by atoms with Gasteiger partial charge in [0.05, 0.1) is 25.7 Å². The Morgan fingerprint density at radius 3 is 2.73 bits per heavy atom. The summed E-state index contributed by atoms with van der Waals surface area (Å²) in [7, 11) is 0. The van der Waals surface area contributed by atoms with Crippen LogP contribution in [0.3, 0.4) is 0 Å². The van der Waals surface area contributed by atoms with Crippen molar-refractivity contribution in [2.75, 3.05) is 39.3 Å². The van der Waals surface area contributed by atoms with Crippen molar-refractivity contribution in [2.24, 2.45) is 0 Å². The van der Waals surface area contributed by atoms with Gasteiger partial charge in [-0.3, -0.25) is 9.69 Å². The molecule has 0 unspecified atom stereocenters. The molecule has 0 aromatic carbocycles. The number of amides is 1. The monoisotopic (exact) mass is 212 g/mol. The van der Waals surface area contributed by atoms with Gasteiger partial charge in [0.2, 0.25) is 5.91 Å². The highest BCUT2D eigenvalue weighted by atomic mass is 16.2. The standard InChI is InChI=1S/C11H21N3O/c1-10-8-13(7-4-12-10)9-11(15)14-5-2-3-6-14/h10,12H,2-9H2,1H3/p+1/t10-/m1/s1. The number of piperazine rings is 1. The van der Waals surface area contributed by atoms with Gasteiger partial charge in [-0.25, -0.2) is 0 Å². The Morgan fingerprint density at radius 2 is 2.07 bits per heavy atom. The Morgan fingerprint density at radius 1 is 1.33 bits per heavy atom. The molecular weight excluding hydrogens is 190 g/mol. The maximum Gasteiger partial charge on any atom is 0.236 e. The van der Waals surface area contributed by atoms with Gasteiger partial charge in [0.25, 0.3) is 0 Å². The van der Waals surface area contributed by atoms with E-state index in [1.165, 1.54) is 12.8 Å². The number of nitrogens with two attached hydrogens (primary N) is 1. The van der Waals surface area contributed by atoms with Crippen LogP contribution in [0.2, 0.25) is 0 Å². The van der Waals surface area contributed by atoms with Crippen LogP contribution >= 0.6 is 0 Å². The first kappa shape index (κ1) is 10.9. The second-order valence-corrected chi connectivity index (χ2v) is 4.82. The molecule has 2 fully saturated rings. The second kappa shape index (κ2) is 4.94. The maximum absolute atomic E-state index is 11.9. The molecule has 0 aliphatic carbocycles. The average molecular weight is 212 g/mol. The number of quaternary nitrogens is 1. The molecule has 4 heteroatoms. The van der Waals surface area contributed by atoms with Crippen LogP contribution in [0.5, 0.6) is 0 Å². The van der Waals surface area contributed by atoms with Crippen LogP contribution in [-0.2, 0) is 4.79 Å². The van der Waals surface area contributed by atoms with Crippen molar-refractivity contribution in [2.45, 2.75) is 25.8 Å². The summed E-state index contributed by atoms with van der Waals surface area (Å²) in [4.78, 5) is 16.2. The molecule has 0 saturated carbocycles.